The highest BCUT2D eigenvalue weighted by Gasteiger charge is 2.32. The van der Waals surface area contributed by atoms with Crippen LogP contribution < -0.4 is 10.1 Å². The Morgan fingerprint density at radius 2 is 2.00 bits per heavy atom. The quantitative estimate of drug-likeness (QED) is 0.458. The Kier molecular flexibility index (Phi) is 6.13. The predicted octanol–water partition coefficient (Wildman–Crippen LogP) is 4.89. The summed E-state index contributed by atoms with van der Waals surface area (Å²) in [4.78, 5) is 17.3. The first-order chi connectivity index (χ1) is 16.0. The second kappa shape index (κ2) is 9.20. The third kappa shape index (κ3) is 4.63. The molecule has 2 atom stereocenters. The number of fused-ring (bicyclic) bond motifs is 1. The van der Waals surface area contributed by atoms with Crippen LogP contribution in [0.3, 0.4) is 0 Å². The zero-order chi connectivity index (χ0) is 22.9. The molecule has 2 aliphatic rings. The van der Waals surface area contributed by atoms with Gasteiger partial charge >= 0.3 is 5.97 Å². The van der Waals surface area contributed by atoms with Gasteiger partial charge < -0.3 is 20.1 Å². The van der Waals surface area contributed by atoms with Gasteiger partial charge in [-0.25, -0.2) is 4.79 Å². The lowest BCUT2D eigenvalue weighted by atomic mass is 9.90. The normalized spacial score (nSPS) is 21.4. The van der Waals surface area contributed by atoms with Crippen LogP contribution in [-0.4, -0.2) is 47.2 Å². The summed E-state index contributed by atoms with van der Waals surface area (Å²) in [7, 11) is 1.74. The lowest BCUT2D eigenvalue weighted by molar-refractivity contribution is 0.0696. The lowest BCUT2D eigenvalue weighted by Gasteiger charge is -2.40. The molecule has 1 aliphatic heterocycles. The number of carboxylic acids is 1. The first-order valence-corrected chi connectivity index (χ1v) is 12.0. The number of nitrogens with one attached hydrogen (secondary N) is 2. The van der Waals surface area contributed by atoms with E-state index in [1.54, 1.807) is 19.2 Å². The molecule has 5 rings (SSSR count). The average molecular weight is 448 g/mol. The van der Waals surface area contributed by atoms with Gasteiger partial charge in [-0.3, -0.25) is 4.90 Å². The molecule has 1 saturated heterocycles. The van der Waals surface area contributed by atoms with E-state index in [-0.39, 0.29) is 6.04 Å². The van der Waals surface area contributed by atoms with Crippen LogP contribution in [0.25, 0.3) is 10.9 Å². The SMILES string of the molecule is COc1cc(C)c2[nH]ccc2c1CN1CC[C@H](NCC2CC2)C[C@H]1c1ccc(C(=O)O)cc1. The molecule has 0 unspecified atom stereocenters. The molecule has 1 aliphatic carbocycles. The third-order valence-electron chi connectivity index (χ3n) is 7.34. The second-order valence-corrected chi connectivity index (χ2v) is 9.63. The van der Waals surface area contributed by atoms with E-state index >= 15 is 0 Å². The monoisotopic (exact) mass is 447 g/mol. The molecule has 0 bridgehead atoms. The number of H-pyrrole nitrogens is 1. The summed E-state index contributed by atoms with van der Waals surface area (Å²) in [6.45, 7) is 5.00. The highest BCUT2D eigenvalue weighted by atomic mass is 16.5. The van der Waals surface area contributed by atoms with Crippen molar-refractivity contribution < 1.29 is 14.6 Å². The minimum Gasteiger partial charge on any atom is -0.496 e. The first kappa shape index (κ1) is 22.0. The number of carboxylic acid groups (broad SMARTS) is 1. The van der Waals surface area contributed by atoms with Gasteiger partial charge in [0.15, 0.2) is 0 Å². The number of aromatic amines is 1. The molecule has 2 heterocycles. The molecular weight excluding hydrogens is 414 g/mol. The van der Waals surface area contributed by atoms with Gasteiger partial charge in [0.05, 0.1) is 12.7 Å². The van der Waals surface area contributed by atoms with Crippen molar-refractivity contribution >= 4 is 16.9 Å². The highest BCUT2D eigenvalue weighted by molar-refractivity contribution is 5.88. The van der Waals surface area contributed by atoms with Gasteiger partial charge in [-0.15, -0.1) is 0 Å². The molecule has 2 fully saturated rings. The number of nitrogens with zero attached hydrogens (tertiary/aromatic N) is 1. The maximum absolute atomic E-state index is 11.4. The maximum Gasteiger partial charge on any atom is 0.335 e. The average Bonchev–Trinajstić information content (AvgIpc) is 3.53. The number of aromatic nitrogens is 1. The topological polar surface area (TPSA) is 77.6 Å². The Bertz CT molecular complexity index is 1130. The number of methoxy groups -OCH3 is 1. The zero-order valence-electron chi connectivity index (χ0n) is 19.4. The molecule has 33 heavy (non-hydrogen) atoms. The number of ether oxygens (including phenoxy) is 1. The van der Waals surface area contributed by atoms with Crippen LogP contribution in [0.2, 0.25) is 0 Å². The summed E-state index contributed by atoms with van der Waals surface area (Å²) in [5.41, 5.74) is 5.05. The van der Waals surface area contributed by atoms with Crippen molar-refractivity contribution in [2.75, 3.05) is 20.2 Å². The molecule has 1 saturated carbocycles. The number of hydrogen-bond donors (Lipinski definition) is 3. The number of aromatic carboxylic acids is 1. The summed E-state index contributed by atoms with van der Waals surface area (Å²) < 4.78 is 5.80. The highest BCUT2D eigenvalue weighted by Crippen LogP contribution is 2.37. The van der Waals surface area contributed by atoms with Crippen LogP contribution in [0, 0.1) is 12.8 Å². The minimum absolute atomic E-state index is 0.221. The van der Waals surface area contributed by atoms with E-state index in [0.29, 0.717) is 11.6 Å². The van der Waals surface area contributed by atoms with Gasteiger partial charge in [0.25, 0.3) is 0 Å². The molecule has 1 aromatic heterocycles. The van der Waals surface area contributed by atoms with Crippen molar-refractivity contribution in [3.63, 3.8) is 0 Å². The number of aryl methyl sites for hydroxylation is 1. The first-order valence-electron chi connectivity index (χ1n) is 12.0. The second-order valence-electron chi connectivity index (χ2n) is 9.63. The van der Waals surface area contributed by atoms with Crippen LogP contribution in [0.4, 0.5) is 0 Å². The van der Waals surface area contributed by atoms with Crippen molar-refractivity contribution in [2.24, 2.45) is 5.92 Å². The van der Waals surface area contributed by atoms with Gasteiger partial charge in [-0.05, 0) is 80.5 Å². The molecule has 3 aromatic rings. The Balaban J connectivity index is 1.44. The number of carbonyl (C=O) groups is 1. The maximum atomic E-state index is 11.4. The molecule has 0 amide bonds. The Morgan fingerprint density at radius 3 is 2.70 bits per heavy atom. The molecule has 0 radical (unpaired) electrons. The van der Waals surface area contributed by atoms with E-state index in [4.69, 9.17) is 4.74 Å². The van der Waals surface area contributed by atoms with E-state index in [2.05, 4.69) is 34.3 Å². The van der Waals surface area contributed by atoms with Gasteiger partial charge in [-0.1, -0.05) is 12.1 Å². The van der Waals surface area contributed by atoms with E-state index in [1.165, 1.54) is 34.9 Å². The summed E-state index contributed by atoms with van der Waals surface area (Å²) in [5, 5.41) is 14.3. The molecule has 3 N–H and O–H groups in total. The summed E-state index contributed by atoms with van der Waals surface area (Å²) in [6.07, 6.45) is 6.83. The summed E-state index contributed by atoms with van der Waals surface area (Å²) in [6, 6.07) is 12.4. The Morgan fingerprint density at radius 1 is 1.21 bits per heavy atom. The predicted molar refractivity (Wildman–Crippen MR) is 130 cm³/mol. The van der Waals surface area contributed by atoms with E-state index in [1.807, 2.05) is 18.3 Å². The van der Waals surface area contributed by atoms with Crippen LogP contribution in [0.5, 0.6) is 5.75 Å². The lowest BCUT2D eigenvalue weighted by Crippen LogP contribution is -2.44. The van der Waals surface area contributed by atoms with Gasteiger partial charge in [0, 0.05) is 47.8 Å². The number of hydrogen-bond acceptors (Lipinski definition) is 4. The molecule has 6 heteroatoms. The molecule has 0 spiro atoms. The van der Waals surface area contributed by atoms with E-state index in [0.717, 1.165) is 49.7 Å². The zero-order valence-corrected chi connectivity index (χ0v) is 19.4. The summed E-state index contributed by atoms with van der Waals surface area (Å²) >= 11 is 0. The van der Waals surface area contributed by atoms with Crippen molar-refractivity contribution in [3.8, 4) is 5.75 Å². The van der Waals surface area contributed by atoms with Crippen LogP contribution >= 0.6 is 0 Å². The van der Waals surface area contributed by atoms with Crippen molar-refractivity contribution in [1.29, 1.82) is 0 Å². The van der Waals surface area contributed by atoms with Crippen LogP contribution in [0.1, 0.15) is 58.8 Å². The number of likely N-dealkylation sites (tertiary alicyclic amines) is 1. The molecule has 2 aromatic carbocycles. The minimum atomic E-state index is -0.884. The molecule has 174 valence electrons. The Labute approximate surface area is 194 Å². The largest absolute Gasteiger partial charge is 0.496 e. The Hall–Kier alpha value is -2.83. The summed E-state index contributed by atoms with van der Waals surface area (Å²) in [5.74, 6) is 0.897. The van der Waals surface area contributed by atoms with Gasteiger partial charge in [0.1, 0.15) is 5.75 Å². The fraction of sp³-hybridized carbons (Fsp3) is 0.444. The third-order valence-corrected chi connectivity index (χ3v) is 7.34. The van der Waals surface area contributed by atoms with E-state index in [9.17, 15) is 9.90 Å². The van der Waals surface area contributed by atoms with Crippen LogP contribution in [-0.2, 0) is 6.54 Å². The van der Waals surface area contributed by atoms with Crippen molar-refractivity contribution in [2.45, 2.75) is 51.2 Å². The van der Waals surface area contributed by atoms with Crippen molar-refractivity contribution in [3.05, 3.63) is 64.8 Å². The smallest absolute Gasteiger partial charge is 0.335 e. The van der Waals surface area contributed by atoms with Gasteiger partial charge in [0.2, 0.25) is 0 Å². The van der Waals surface area contributed by atoms with Crippen LogP contribution in [0.15, 0.2) is 42.6 Å². The van der Waals surface area contributed by atoms with E-state index < -0.39 is 5.97 Å². The number of rotatable bonds is 8. The molecule has 6 nitrogen and oxygen atoms in total. The van der Waals surface area contributed by atoms with Gasteiger partial charge in [-0.2, -0.15) is 0 Å². The fourth-order valence-corrected chi connectivity index (χ4v) is 5.22. The number of benzene rings is 2. The van der Waals surface area contributed by atoms with Crippen molar-refractivity contribution in [1.82, 2.24) is 15.2 Å². The standard InChI is InChI=1S/C27H33N3O3/c1-17-13-25(33-2)23(22-9-11-28-26(17)22)16-30-12-10-21(29-15-18-3-4-18)14-24(30)19-5-7-20(8-6-19)27(31)32/h5-9,11,13,18,21,24,28-29H,3-4,10,12,14-16H2,1-2H3,(H,31,32)/t21-,24-/m0/s1. The number of piperidine rings is 1. The fourth-order valence-electron chi connectivity index (χ4n) is 5.22. The molecular formula is C27H33N3O3.